The van der Waals surface area contributed by atoms with Crippen molar-refractivity contribution in [3.63, 3.8) is 0 Å². The third-order valence-corrected chi connectivity index (χ3v) is 3.56. The SMILES string of the molecule is CC1(C)CC(Oc2cccc(Br)c2)C(C)(C)O1. The first-order valence-corrected chi connectivity index (χ1v) is 6.70. The van der Waals surface area contributed by atoms with Crippen LogP contribution in [0.1, 0.15) is 34.1 Å². The van der Waals surface area contributed by atoms with Crippen LogP contribution in [-0.2, 0) is 4.74 Å². The first kappa shape index (κ1) is 12.9. The zero-order valence-corrected chi connectivity index (χ0v) is 12.4. The van der Waals surface area contributed by atoms with E-state index in [1.54, 1.807) is 0 Å². The van der Waals surface area contributed by atoms with Crippen molar-refractivity contribution in [1.29, 1.82) is 0 Å². The van der Waals surface area contributed by atoms with Crippen LogP contribution in [0.25, 0.3) is 0 Å². The Kier molecular flexibility index (Phi) is 3.25. The van der Waals surface area contributed by atoms with Gasteiger partial charge in [0.25, 0.3) is 0 Å². The van der Waals surface area contributed by atoms with E-state index in [2.05, 4.69) is 43.6 Å². The van der Waals surface area contributed by atoms with Crippen LogP contribution in [0.2, 0.25) is 0 Å². The Hall–Kier alpha value is -0.540. The van der Waals surface area contributed by atoms with Gasteiger partial charge in [-0.05, 0) is 45.9 Å². The van der Waals surface area contributed by atoms with Crippen molar-refractivity contribution in [3.8, 4) is 5.75 Å². The van der Waals surface area contributed by atoms with Gasteiger partial charge in [-0.15, -0.1) is 0 Å². The summed E-state index contributed by atoms with van der Waals surface area (Å²) < 4.78 is 13.1. The highest BCUT2D eigenvalue weighted by atomic mass is 79.9. The van der Waals surface area contributed by atoms with Crippen LogP contribution in [0.3, 0.4) is 0 Å². The largest absolute Gasteiger partial charge is 0.487 e. The van der Waals surface area contributed by atoms with E-state index in [0.29, 0.717) is 0 Å². The molecule has 0 aromatic heterocycles. The topological polar surface area (TPSA) is 18.5 Å². The molecular weight excluding hydrogens is 280 g/mol. The van der Waals surface area contributed by atoms with Gasteiger partial charge in [0.2, 0.25) is 0 Å². The third-order valence-electron chi connectivity index (χ3n) is 3.07. The summed E-state index contributed by atoms with van der Waals surface area (Å²) in [6.07, 6.45) is 0.999. The van der Waals surface area contributed by atoms with E-state index < -0.39 is 0 Å². The van der Waals surface area contributed by atoms with Gasteiger partial charge in [0, 0.05) is 10.9 Å². The van der Waals surface area contributed by atoms with Gasteiger partial charge in [-0.2, -0.15) is 0 Å². The van der Waals surface area contributed by atoms with Crippen molar-refractivity contribution >= 4 is 15.9 Å². The molecular formula is C14H19BrO2. The molecule has 0 spiro atoms. The number of ether oxygens (including phenoxy) is 2. The third kappa shape index (κ3) is 3.02. The molecule has 1 aliphatic rings. The quantitative estimate of drug-likeness (QED) is 0.816. The van der Waals surface area contributed by atoms with E-state index in [0.717, 1.165) is 16.6 Å². The summed E-state index contributed by atoms with van der Waals surface area (Å²) in [5, 5.41) is 0. The molecule has 3 heteroatoms. The lowest BCUT2D eigenvalue weighted by molar-refractivity contribution is -0.0846. The van der Waals surface area contributed by atoms with Gasteiger partial charge < -0.3 is 9.47 Å². The Balaban J connectivity index is 2.14. The van der Waals surface area contributed by atoms with Crippen LogP contribution in [0.5, 0.6) is 5.75 Å². The summed E-state index contributed by atoms with van der Waals surface area (Å²) >= 11 is 3.45. The Bertz CT molecular complexity index is 412. The summed E-state index contributed by atoms with van der Waals surface area (Å²) in [5.74, 6) is 0.888. The molecule has 2 rings (SSSR count). The summed E-state index contributed by atoms with van der Waals surface area (Å²) in [7, 11) is 0. The average Bonchev–Trinajstić information content (AvgIpc) is 2.34. The van der Waals surface area contributed by atoms with Crippen LogP contribution in [-0.4, -0.2) is 17.3 Å². The van der Waals surface area contributed by atoms with Crippen molar-refractivity contribution in [1.82, 2.24) is 0 Å². The van der Waals surface area contributed by atoms with Crippen LogP contribution in [0.15, 0.2) is 28.7 Å². The minimum absolute atomic E-state index is 0.0896. The van der Waals surface area contributed by atoms with Crippen molar-refractivity contribution < 1.29 is 9.47 Å². The predicted octanol–water partition coefficient (Wildman–Crippen LogP) is 4.17. The lowest BCUT2D eigenvalue weighted by atomic mass is 9.97. The molecule has 0 amide bonds. The normalized spacial score (nSPS) is 25.8. The predicted molar refractivity (Wildman–Crippen MR) is 72.4 cm³/mol. The summed E-state index contributed by atoms with van der Waals surface area (Å²) in [4.78, 5) is 0. The maximum absolute atomic E-state index is 6.05. The molecule has 0 bridgehead atoms. The minimum Gasteiger partial charge on any atom is -0.487 e. The van der Waals surface area contributed by atoms with Crippen molar-refractivity contribution in [2.45, 2.75) is 51.4 Å². The van der Waals surface area contributed by atoms with E-state index in [9.17, 15) is 0 Å². The fraction of sp³-hybridized carbons (Fsp3) is 0.571. The molecule has 1 atom stereocenters. The number of halogens is 1. The van der Waals surface area contributed by atoms with Gasteiger partial charge >= 0.3 is 0 Å². The highest BCUT2D eigenvalue weighted by molar-refractivity contribution is 9.10. The lowest BCUT2D eigenvalue weighted by Crippen LogP contribution is -2.36. The molecule has 1 aromatic rings. The Morgan fingerprint density at radius 3 is 2.53 bits per heavy atom. The molecule has 2 nitrogen and oxygen atoms in total. The highest BCUT2D eigenvalue weighted by Crippen LogP contribution is 2.39. The van der Waals surface area contributed by atoms with Crippen LogP contribution in [0.4, 0.5) is 0 Å². The summed E-state index contributed by atoms with van der Waals surface area (Å²) in [6, 6.07) is 7.94. The Morgan fingerprint density at radius 1 is 1.29 bits per heavy atom. The molecule has 1 saturated heterocycles. The molecule has 94 valence electrons. The van der Waals surface area contributed by atoms with Gasteiger partial charge in [0.15, 0.2) is 0 Å². The zero-order valence-electron chi connectivity index (χ0n) is 10.8. The van der Waals surface area contributed by atoms with Gasteiger partial charge in [0.05, 0.1) is 5.60 Å². The standard InChI is InChI=1S/C14H19BrO2/c1-13(2)9-12(14(3,4)17-13)16-11-7-5-6-10(15)8-11/h5-8,12H,9H2,1-4H3. The minimum atomic E-state index is -0.244. The molecule has 0 saturated carbocycles. The molecule has 0 radical (unpaired) electrons. The van der Waals surface area contributed by atoms with Crippen molar-refractivity contribution in [3.05, 3.63) is 28.7 Å². The zero-order chi connectivity index (χ0) is 12.7. The second-order valence-electron chi connectivity index (χ2n) is 5.73. The monoisotopic (exact) mass is 298 g/mol. The molecule has 1 unspecified atom stereocenters. The summed E-state index contributed by atoms with van der Waals surface area (Å²) in [5.41, 5.74) is -0.355. The Labute approximate surface area is 111 Å². The maximum Gasteiger partial charge on any atom is 0.130 e. The van der Waals surface area contributed by atoms with E-state index in [1.165, 1.54) is 0 Å². The van der Waals surface area contributed by atoms with Crippen molar-refractivity contribution in [2.24, 2.45) is 0 Å². The van der Waals surface area contributed by atoms with Gasteiger partial charge in [-0.3, -0.25) is 0 Å². The van der Waals surface area contributed by atoms with E-state index in [1.807, 2.05) is 24.3 Å². The van der Waals surface area contributed by atoms with E-state index in [-0.39, 0.29) is 17.3 Å². The lowest BCUT2D eigenvalue weighted by Gasteiger charge is -2.27. The smallest absolute Gasteiger partial charge is 0.130 e. The first-order chi connectivity index (χ1) is 7.78. The average molecular weight is 299 g/mol. The molecule has 1 aliphatic heterocycles. The van der Waals surface area contributed by atoms with E-state index in [4.69, 9.17) is 9.47 Å². The Morgan fingerprint density at radius 2 is 2.00 bits per heavy atom. The number of hydrogen-bond donors (Lipinski definition) is 0. The van der Waals surface area contributed by atoms with Gasteiger partial charge in [-0.25, -0.2) is 0 Å². The fourth-order valence-electron chi connectivity index (χ4n) is 2.40. The van der Waals surface area contributed by atoms with Gasteiger partial charge in [-0.1, -0.05) is 22.0 Å². The highest BCUT2D eigenvalue weighted by Gasteiger charge is 2.47. The van der Waals surface area contributed by atoms with Crippen LogP contribution >= 0.6 is 15.9 Å². The molecule has 1 aromatic carbocycles. The second kappa shape index (κ2) is 4.29. The number of rotatable bonds is 2. The molecule has 0 aliphatic carbocycles. The van der Waals surface area contributed by atoms with Crippen molar-refractivity contribution in [2.75, 3.05) is 0 Å². The number of hydrogen-bond acceptors (Lipinski definition) is 2. The maximum atomic E-state index is 6.05. The molecule has 1 heterocycles. The molecule has 0 N–H and O–H groups in total. The fourth-order valence-corrected chi connectivity index (χ4v) is 2.78. The van der Waals surface area contributed by atoms with Crippen LogP contribution in [0, 0.1) is 0 Å². The second-order valence-corrected chi connectivity index (χ2v) is 6.65. The van der Waals surface area contributed by atoms with E-state index >= 15 is 0 Å². The van der Waals surface area contributed by atoms with Gasteiger partial charge in [0.1, 0.15) is 17.5 Å². The first-order valence-electron chi connectivity index (χ1n) is 5.91. The summed E-state index contributed by atoms with van der Waals surface area (Å²) in [6.45, 7) is 8.40. The number of benzene rings is 1. The molecule has 17 heavy (non-hydrogen) atoms. The van der Waals surface area contributed by atoms with Crippen LogP contribution < -0.4 is 4.74 Å². The molecule has 1 fully saturated rings.